The van der Waals surface area contributed by atoms with Crippen LogP contribution in [0.3, 0.4) is 0 Å². The van der Waals surface area contributed by atoms with E-state index in [0.29, 0.717) is 5.92 Å². The number of aryl methyl sites for hydroxylation is 1. The molecule has 3 aromatic carbocycles. The maximum absolute atomic E-state index is 2.37. The molecule has 0 N–H and O–H groups in total. The van der Waals surface area contributed by atoms with E-state index in [2.05, 4.69) is 79.2 Å². The van der Waals surface area contributed by atoms with Crippen LogP contribution in [-0.4, -0.2) is 4.57 Å². The van der Waals surface area contributed by atoms with Crippen molar-refractivity contribution in [1.82, 2.24) is 4.57 Å². The topological polar surface area (TPSA) is 4.93 Å². The van der Waals surface area contributed by atoms with Gasteiger partial charge in [-0.3, -0.25) is 0 Å². The number of rotatable bonds is 0. The lowest BCUT2D eigenvalue weighted by Gasteiger charge is -2.10. The van der Waals surface area contributed by atoms with Crippen molar-refractivity contribution >= 4 is 21.8 Å². The van der Waals surface area contributed by atoms with E-state index in [1.165, 1.54) is 44.1 Å². The van der Waals surface area contributed by atoms with Crippen molar-refractivity contribution in [2.75, 3.05) is 0 Å². The second-order valence-corrected chi connectivity index (χ2v) is 6.31. The first-order valence-electron chi connectivity index (χ1n) is 7.86. The highest BCUT2D eigenvalue weighted by atomic mass is 14.9. The van der Waals surface area contributed by atoms with E-state index in [1.54, 1.807) is 0 Å². The van der Waals surface area contributed by atoms with Crippen LogP contribution in [0, 0.1) is 0 Å². The van der Waals surface area contributed by atoms with Crippen LogP contribution in [-0.2, 0) is 7.05 Å². The number of aromatic nitrogens is 1. The van der Waals surface area contributed by atoms with Gasteiger partial charge in [0.05, 0.1) is 5.52 Å². The molecule has 1 aromatic heterocycles. The maximum atomic E-state index is 2.37. The zero-order valence-electron chi connectivity index (χ0n) is 12.8. The third kappa shape index (κ3) is 1.29. The van der Waals surface area contributed by atoms with Crippen LogP contribution in [0.1, 0.15) is 24.0 Å². The van der Waals surface area contributed by atoms with Gasteiger partial charge < -0.3 is 4.57 Å². The molecule has 0 saturated heterocycles. The average Bonchev–Trinajstić information content (AvgIpc) is 3.02. The third-order valence-electron chi connectivity index (χ3n) is 5.26. The highest BCUT2D eigenvalue weighted by Gasteiger charge is 2.28. The minimum atomic E-state index is 0.456. The van der Waals surface area contributed by atoms with Crippen molar-refractivity contribution in [2.45, 2.75) is 12.8 Å². The quantitative estimate of drug-likeness (QED) is 0.403. The van der Waals surface area contributed by atoms with Crippen LogP contribution in [0.4, 0.5) is 0 Å². The molecule has 0 aliphatic heterocycles. The molecule has 1 heterocycles. The van der Waals surface area contributed by atoms with Gasteiger partial charge in [-0.2, -0.15) is 0 Å². The highest BCUT2D eigenvalue weighted by Crippen LogP contribution is 2.48. The molecule has 0 saturated carbocycles. The molecule has 4 aromatic rings. The number of para-hydroxylation sites is 1. The molecule has 5 rings (SSSR count). The SMILES string of the molecule is CC1c2ccccc2-c2ccc3c4ccccc4n(C)c3c21. The van der Waals surface area contributed by atoms with Crippen LogP contribution >= 0.6 is 0 Å². The van der Waals surface area contributed by atoms with Crippen LogP contribution in [0.25, 0.3) is 32.9 Å². The number of fused-ring (bicyclic) bond motifs is 7. The first-order chi connectivity index (χ1) is 10.8. The molecule has 1 unspecified atom stereocenters. The van der Waals surface area contributed by atoms with Gasteiger partial charge in [0.25, 0.3) is 0 Å². The fourth-order valence-electron chi connectivity index (χ4n) is 4.25. The predicted molar refractivity (Wildman–Crippen MR) is 93.4 cm³/mol. The van der Waals surface area contributed by atoms with Crippen molar-refractivity contribution in [2.24, 2.45) is 7.05 Å². The monoisotopic (exact) mass is 283 g/mol. The van der Waals surface area contributed by atoms with E-state index in [1.807, 2.05) is 0 Å². The van der Waals surface area contributed by atoms with E-state index >= 15 is 0 Å². The molecule has 0 radical (unpaired) electrons. The lowest BCUT2D eigenvalue weighted by atomic mass is 9.97. The number of nitrogens with zero attached hydrogens (tertiary/aromatic N) is 1. The summed E-state index contributed by atoms with van der Waals surface area (Å²) in [7, 11) is 2.20. The van der Waals surface area contributed by atoms with Crippen LogP contribution in [0.15, 0.2) is 60.7 Å². The zero-order chi connectivity index (χ0) is 14.8. The standard InChI is InChI=1S/C21H17N/c1-13-14-7-3-4-8-15(14)17-11-12-18-16-9-5-6-10-19(16)22(2)21(18)20(13)17/h3-13H,1-2H3. The summed E-state index contributed by atoms with van der Waals surface area (Å²) in [4.78, 5) is 0. The Morgan fingerprint density at radius 3 is 2.45 bits per heavy atom. The van der Waals surface area contributed by atoms with E-state index in [-0.39, 0.29) is 0 Å². The Bertz CT molecular complexity index is 1050. The molecular formula is C21H17N. The summed E-state index contributed by atoms with van der Waals surface area (Å²) in [6.45, 7) is 2.34. The summed E-state index contributed by atoms with van der Waals surface area (Å²) in [5.74, 6) is 0.456. The molecule has 1 aliphatic carbocycles. The molecule has 0 amide bonds. The van der Waals surface area contributed by atoms with Gasteiger partial charge in [-0.15, -0.1) is 0 Å². The lowest BCUT2D eigenvalue weighted by molar-refractivity contribution is 0.936. The summed E-state index contributed by atoms with van der Waals surface area (Å²) in [6.07, 6.45) is 0. The maximum Gasteiger partial charge on any atom is 0.0533 e. The van der Waals surface area contributed by atoms with Crippen molar-refractivity contribution in [3.63, 3.8) is 0 Å². The largest absolute Gasteiger partial charge is 0.343 e. The van der Waals surface area contributed by atoms with Crippen LogP contribution < -0.4 is 0 Å². The Labute approximate surface area is 129 Å². The Hall–Kier alpha value is -2.54. The smallest absolute Gasteiger partial charge is 0.0533 e. The minimum absolute atomic E-state index is 0.456. The molecule has 1 nitrogen and oxygen atoms in total. The van der Waals surface area contributed by atoms with Gasteiger partial charge in [0.2, 0.25) is 0 Å². The number of benzene rings is 3. The summed E-state index contributed by atoms with van der Waals surface area (Å²) >= 11 is 0. The Morgan fingerprint density at radius 2 is 1.55 bits per heavy atom. The summed E-state index contributed by atoms with van der Waals surface area (Å²) in [6, 6.07) is 22.1. The molecule has 0 bridgehead atoms. The van der Waals surface area contributed by atoms with Crippen molar-refractivity contribution in [3.8, 4) is 11.1 Å². The Balaban J connectivity index is 2.00. The first kappa shape index (κ1) is 12.0. The zero-order valence-corrected chi connectivity index (χ0v) is 12.8. The molecule has 106 valence electrons. The average molecular weight is 283 g/mol. The van der Waals surface area contributed by atoms with Crippen LogP contribution in [0.2, 0.25) is 0 Å². The van der Waals surface area contributed by atoms with Crippen molar-refractivity contribution < 1.29 is 0 Å². The van der Waals surface area contributed by atoms with Crippen molar-refractivity contribution in [1.29, 1.82) is 0 Å². The predicted octanol–water partition coefficient (Wildman–Crippen LogP) is 5.46. The molecule has 0 spiro atoms. The van der Waals surface area contributed by atoms with Crippen molar-refractivity contribution in [3.05, 3.63) is 71.8 Å². The molecule has 22 heavy (non-hydrogen) atoms. The Kier molecular flexibility index (Phi) is 2.20. The van der Waals surface area contributed by atoms with Gasteiger partial charge in [0.15, 0.2) is 0 Å². The van der Waals surface area contributed by atoms with E-state index in [4.69, 9.17) is 0 Å². The molecular weight excluding hydrogens is 266 g/mol. The second kappa shape index (κ2) is 4.01. The van der Waals surface area contributed by atoms with E-state index in [0.717, 1.165) is 0 Å². The van der Waals surface area contributed by atoms with Gasteiger partial charge in [0.1, 0.15) is 0 Å². The minimum Gasteiger partial charge on any atom is -0.343 e. The molecule has 1 heteroatoms. The Morgan fingerprint density at radius 1 is 0.773 bits per heavy atom. The van der Waals surface area contributed by atoms with Gasteiger partial charge in [-0.25, -0.2) is 0 Å². The number of hydrogen-bond acceptors (Lipinski definition) is 0. The molecule has 1 aliphatic rings. The highest BCUT2D eigenvalue weighted by molar-refractivity contribution is 6.11. The van der Waals surface area contributed by atoms with Crippen LogP contribution in [0.5, 0.6) is 0 Å². The van der Waals surface area contributed by atoms with E-state index < -0.39 is 0 Å². The number of hydrogen-bond donors (Lipinski definition) is 0. The molecule has 1 atom stereocenters. The summed E-state index contributed by atoms with van der Waals surface area (Å²) in [5.41, 5.74) is 8.45. The normalized spacial score (nSPS) is 16.2. The first-order valence-corrected chi connectivity index (χ1v) is 7.86. The van der Waals surface area contributed by atoms with Gasteiger partial charge in [-0.1, -0.05) is 61.5 Å². The molecule has 0 fully saturated rings. The second-order valence-electron chi connectivity index (χ2n) is 6.31. The summed E-state index contributed by atoms with van der Waals surface area (Å²) in [5, 5.41) is 2.72. The third-order valence-corrected chi connectivity index (χ3v) is 5.26. The lowest BCUT2D eigenvalue weighted by Crippen LogP contribution is -1.95. The van der Waals surface area contributed by atoms with Gasteiger partial charge in [-0.05, 0) is 28.3 Å². The fourth-order valence-corrected chi connectivity index (χ4v) is 4.25. The van der Waals surface area contributed by atoms with Gasteiger partial charge >= 0.3 is 0 Å². The summed E-state index contributed by atoms with van der Waals surface area (Å²) < 4.78 is 2.37. The van der Waals surface area contributed by atoms with E-state index in [9.17, 15) is 0 Å². The fraction of sp³-hybridized carbons (Fsp3) is 0.143. The van der Waals surface area contributed by atoms with Gasteiger partial charge in [0, 0.05) is 29.3 Å².